The van der Waals surface area contributed by atoms with Crippen molar-refractivity contribution in [2.45, 2.75) is 24.8 Å². The number of amides is 1. The average molecular weight is 550 g/mol. The standard InChI is InChI=1S/C25H32ClN5O5S/c1-7-30(17(2)21-12-13-27-28-21)25(32)16-31(22-14-18(29(3)4)8-10-20(22)26)37(33,34)19-9-11-23(35-5)24(15-19)36-6/h8-15,17H,7,16H2,1-6H3,(H,27,28). The van der Waals surface area contributed by atoms with Crippen molar-refractivity contribution in [3.63, 3.8) is 0 Å². The second kappa shape index (κ2) is 11.7. The lowest BCUT2D eigenvalue weighted by Gasteiger charge is -2.32. The zero-order valence-electron chi connectivity index (χ0n) is 21.7. The number of carbonyl (C=O) groups excluding carboxylic acids is 1. The van der Waals surface area contributed by atoms with Crippen LogP contribution in [0.5, 0.6) is 11.5 Å². The molecular weight excluding hydrogens is 518 g/mol. The number of rotatable bonds is 11. The Kier molecular flexibility index (Phi) is 8.93. The smallest absolute Gasteiger partial charge is 0.264 e. The van der Waals surface area contributed by atoms with E-state index in [-0.39, 0.29) is 27.4 Å². The number of halogens is 1. The molecule has 1 N–H and O–H groups in total. The molecule has 0 aliphatic heterocycles. The van der Waals surface area contributed by atoms with Gasteiger partial charge in [0.15, 0.2) is 11.5 Å². The van der Waals surface area contributed by atoms with Gasteiger partial charge >= 0.3 is 0 Å². The fourth-order valence-electron chi connectivity index (χ4n) is 3.92. The van der Waals surface area contributed by atoms with Gasteiger partial charge in [-0.25, -0.2) is 8.42 Å². The molecule has 1 amide bonds. The molecule has 37 heavy (non-hydrogen) atoms. The Hall–Kier alpha value is -3.44. The van der Waals surface area contributed by atoms with Crippen LogP contribution in [0.2, 0.25) is 5.02 Å². The fourth-order valence-corrected chi connectivity index (χ4v) is 5.63. The number of nitrogens with one attached hydrogen (secondary N) is 1. The fraction of sp³-hybridized carbons (Fsp3) is 0.360. The summed E-state index contributed by atoms with van der Waals surface area (Å²) in [6, 6.07) is 10.7. The van der Waals surface area contributed by atoms with E-state index in [4.69, 9.17) is 21.1 Å². The third kappa shape index (κ3) is 5.94. The van der Waals surface area contributed by atoms with Gasteiger partial charge in [0.25, 0.3) is 10.0 Å². The van der Waals surface area contributed by atoms with Crippen LogP contribution in [0.4, 0.5) is 11.4 Å². The van der Waals surface area contributed by atoms with Crippen LogP contribution in [-0.4, -0.2) is 70.8 Å². The molecule has 3 rings (SSSR count). The molecule has 1 unspecified atom stereocenters. The maximum absolute atomic E-state index is 14.0. The Morgan fingerprint density at radius 3 is 2.35 bits per heavy atom. The summed E-state index contributed by atoms with van der Waals surface area (Å²) in [7, 11) is 2.27. The minimum Gasteiger partial charge on any atom is -0.493 e. The Labute approximate surface area is 222 Å². The van der Waals surface area contributed by atoms with Gasteiger partial charge in [-0.05, 0) is 50.2 Å². The molecule has 0 aliphatic carbocycles. The summed E-state index contributed by atoms with van der Waals surface area (Å²) >= 11 is 6.53. The molecule has 0 saturated heterocycles. The van der Waals surface area contributed by atoms with E-state index in [1.54, 1.807) is 35.4 Å². The van der Waals surface area contributed by atoms with Crippen LogP contribution in [0, 0.1) is 0 Å². The van der Waals surface area contributed by atoms with Crippen LogP contribution in [-0.2, 0) is 14.8 Å². The molecule has 0 spiro atoms. The van der Waals surface area contributed by atoms with Crippen molar-refractivity contribution < 1.29 is 22.7 Å². The Bertz CT molecular complexity index is 1330. The highest BCUT2D eigenvalue weighted by Gasteiger charge is 2.32. The van der Waals surface area contributed by atoms with Crippen LogP contribution < -0.4 is 18.7 Å². The summed E-state index contributed by atoms with van der Waals surface area (Å²) in [5.41, 5.74) is 1.64. The van der Waals surface area contributed by atoms with Crippen LogP contribution in [0.1, 0.15) is 25.6 Å². The van der Waals surface area contributed by atoms with Crippen LogP contribution in [0.3, 0.4) is 0 Å². The number of aromatic amines is 1. The van der Waals surface area contributed by atoms with E-state index in [9.17, 15) is 13.2 Å². The summed E-state index contributed by atoms with van der Waals surface area (Å²) in [6.45, 7) is 3.56. The van der Waals surface area contributed by atoms with Crippen molar-refractivity contribution in [1.82, 2.24) is 15.1 Å². The summed E-state index contributed by atoms with van der Waals surface area (Å²) < 4.78 is 39.7. The SMILES string of the molecule is CCN(C(=O)CN(c1cc(N(C)C)ccc1Cl)S(=O)(=O)c1ccc(OC)c(OC)c1)C(C)c1ccn[nH]1. The highest BCUT2D eigenvalue weighted by atomic mass is 35.5. The first-order valence-electron chi connectivity index (χ1n) is 11.6. The number of nitrogens with zero attached hydrogens (tertiary/aromatic N) is 4. The first-order chi connectivity index (χ1) is 17.5. The molecule has 0 radical (unpaired) electrons. The van der Waals surface area contributed by atoms with Crippen LogP contribution in [0.25, 0.3) is 0 Å². The van der Waals surface area contributed by atoms with Crippen LogP contribution >= 0.6 is 11.6 Å². The summed E-state index contributed by atoms with van der Waals surface area (Å²) in [4.78, 5) is 16.9. The first kappa shape index (κ1) is 28.1. The molecular formula is C25H32ClN5O5S. The molecule has 0 fully saturated rings. The number of benzene rings is 2. The van der Waals surface area contributed by atoms with Gasteiger partial charge in [-0.1, -0.05) is 11.6 Å². The van der Waals surface area contributed by atoms with Crippen molar-refractivity contribution >= 4 is 38.9 Å². The van der Waals surface area contributed by atoms with E-state index in [0.29, 0.717) is 12.3 Å². The number of aromatic nitrogens is 2. The van der Waals surface area contributed by atoms with Gasteiger partial charge in [-0.3, -0.25) is 14.2 Å². The number of H-pyrrole nitrogens is 1. The lowest BCUT2D eigenvalue weighted by Crippen LogP contribution is -2.44. The van der Waals surface area contributed by atoms with Gasteiger partial charge in [-0.2, -0.15) is 5.10 Å². The number of anilines is 2. The number of hydrogen-bond donors (Lipinski definition) is 1. The molecule has 12 heteroatoms. The molecule has 1 heterocycles. The largest absolute Gasteiger partial charge is 0.493 e. The summed E-state index contributed by atoms with van der Waals surface area (Å²) in [5, 5.41) is 7.02. The molecule has 200 valence electrons. The van der Waals surface area contributed by atoms with E-state index < -0.39 is 22.5 Å². The van der Waals surface area contributed by atoms with Gasteiger partial charge in [0.2, 0.25) is 5.91 Å². The maximum atomic E-state index is 14.0. The van der Waals surface area contributed by atoms with E-state index in [2.05, 4.69) is 10.2 Å². The zero-order chi connectivity index (χ0) is 27.3. The van der Waals surface area contributed by atoms with Crippen LogP contribution in [0.15, 0.2) is 53.6 Å². The molecule has 0 bridgehead atoms. The number of likely N-dealkylation sites (N-methyl/N-ethyl adjacent to an activating group) is 1. The Morgan fingerprint density at radius 2 is 1.78 bits per heavy atom. The molecule has 0 aliphatic rings. The van der Waals surface area contributed by atoms with E-state index in [1.807, 2.05) is 32.8 Å². The highest BCUT2D eigenvalue weighted by molar-refractivity contribution is 7.92. The molecule has 1 aromatic heterocycles. The minimum absolute atomic E-state index is 0.0751. The Balaban J connectivity index is 2.12. The summed E-state index contributed by atoms with van der Waals surface area (Å²) in [6.07, 6.45) is 1.60. The first-order valence-corrected chi connectivity index (χ1v) is 13.4. The number of hydrogen-bond acceptors (Lipinski definition) is 7. The molecule has 2 aromatic carbocycles. The topological polar surface area (TPSA) is 108 Å². The quantitative estimate of drug-likeness (QED) is 0.386. The number of ether oxygens (including phenoxy) is 2. The predicted octanol–water partition coefficient (Wildman–Crippen LogP) is 3.95. The van der Waals surface area contributed by atoms with Crippen molar-refractivity contribution in [3.8, 4) is 11.5 Å². The van der Waals surface area contributed by atoms with E-state index in [1.165, 1.54) is 32.4 Å². The summed E-state index contributed by atoms with van der Waals surface area (Å²) in [5.74, 6) is 0.216. The molecule has 10 nitrogen and oxygen atoms in total. The lowest BCUT2D eigenvalue weighted by atomic mass is 10.2. The van der Waals surface area contributed by atoms with Crippen molar-refractivity contribution in [2.24, 2.45) is 0 Å². The lowest BCUT2D eigenvalue weighted by molar-refractivity contribution is -0.131. The van der Waals surface area contributed by atoms with Crippen molar-refractivity contribution in [3.05, 3.63) is 59.4 Å². The normalized spacial score (nSPS) is 12.1. The second-order valence-electron chi connectivity index (χ2n) is 8.43. The van der Waals surface area contributed by atoms with Crippen molar-refractivity contribution in [2.75, 3.05) is 50.6 Å². The predicted molar refractivity (Wildman–Crippen MR) is 144 cm³/mol. The maximum Gasteiger partial charge on any atom is 0.264 e. The highest BCUT2D eigenvalue weighted by Crippen LogP contribution is 2.36. The molecule has 0 saturated carbocycles. The second-order valence-corrected chi connectivity index (χ2v) is 10.7. The number of carbonyl (C=O) groups is 1. The third-order valence-corrected chi connectivity index (χ3v) is 8.11. The molecule has 1 atom stereocenters. The van der Waals surface area contributed by atoms with Gasteiger partial charge in [0.05, 0.1) is 41.6 Å². The number of methoxy groups -OCH3 is 2. The number of sulfonamides is 1. The van der Waals surface area contributed by atoms with Gasteiger partial charge in [-0.15, -0.1) is 0 Å². The Morgan fingerprint density at radius 1 is 1.08 bits per heavy atom. The van der Waals surface area contributed by atoms with E-state index in [0.717, 1.165) is 15.7 Å². The van der Waals surface area contributed by atoms with Crippen molar-refractivity contribution in [1.29, 1.82) is 0 Å². The average Bonchev–Trinajstić information content (AvgIpc) is 3.42. The monoisotopic (exact) mass is 549 g/mol. The zero-order valence-corrected chi connectivity index (χ0v) is 23.3. The minimum atomic E-state index is -4.27. The third-order valence-electron chi connectivity index (χ3n) is 6.04. The van der Waals surface area contributed by atoms with Gasteiger partial charge < -0.3 is 19.3 Å². The van der Waals surface area contributed by atoms with Gasteiger partial charge in [0.1, 0.15) is 6.54 Å². The van der Waals surface area contributed by atoms with Gasteiger partial charge in [0, 0.05) is 38.6 Å². The van der Waals surface area contributed by atoms with E-state index >= 15 is 0 Å². The molecule has 3 aromatic rings.